The highest BCUT2D eigenvalue weighted by Gasteiger charge is 2.21. The minimum absolute atomic E-state index is 0.0803. The van der Waals surface area contributed by atoms with E-state index in [-0.39, 0.29) is 11.8 Å². The van der Waals surface area contributed by atoms with Crippen molar-refractivity contribution in [2.75, 3.05) is 0 Å². The SMILES string of the molecule is N=C([B]CC[B]C(=N)C(c1ccccc1)c1ccccc1)C(c1ccccc1)c1ccccc1. The van der Waals surface area contributed by atoms with E-state index in [1.54, 1.807) is 0 Å². The molecule has 34 heavy (non-hydrogen) atoms. The molecule has 4 aromatic carbocycles. The second-order valence-electron chi connectivity index (χ2n) is 8.41. The molecular formula is C30H28B2N2. The maximum atomic E-state index is 8.84. The van der Waals surface area contributed by atoms with Crippen molar-refractivity contribution in [3.05, 3.63) is 144 Å². The molecule has 0 unspecified atom stereocenters. The first-order valence-electron chi connectivity index (χ1n) is 11.8. The van der Waals surface area contributed by atoms with E-state index in [0.717, 1.165) is 34.9 Å². The lowest BCUT2D eigenvalue weighted by atomic mass is 9.53. The molecule has 0 atom stereocenters. The van der Waals surface area contributed by atoms with Crippen molar-refractivity contribution >= 4 is 25.8 Å². The molecule has 0 aliphatic rings. The fraction of sp³-hybridized carbons (Fsp3) is 0.133. The average molecular weight is 438 g/mol. The van der Waals surface area contributed by atoms with E-state index in [1.807, 2.05) is 87.4 Å². The van der Waals surface area contributed by atoms with E-state index in [4.69, 9.17) is 10.8 Å². The quantitative estimate of drug-likeness (QED) is 0.146. The number of hydrogen-bond acceptors (Lipinski definition) is 2. The zero-order valence-electron chi connectivity index (χ0n) is 19.3. The van der Waals surface area contributed by atoms with E-state index >= 15 is 0 Å². The van der Waals surface area contributed by atoms with Crippen molar-refractivity contribution in [1.82, 2.24) is 0 Å². The van der Waals surface area contributed by atoms with Gasteiger partial charge in [0.05, 0.1) is 0 Å². The lowest BCUT2D eigenvalue weighted by Crippen LogP contribution is -2.22. The summed E-state index contributed by atoms with van der Waals surface area (Å²) in [5.74, 6) is -0.161. The van der Waals surface area contributed by atoms with Crippen LogP contribution in [-0.4, -0.2) is 25.8 Å². The molecule has 4 aromatic rings. The van der Waals surface area contributed by atoms with Gasteiger partial charge in [-0.25, -0.2) is 0 Å². The summed E-state index contributed by atoms with van der Waals surface area (Å²) in [5, 5.41) is 17.7. The smallest absolute Gasteiger partial charge is 0.171 e. The van der Waals surface area contributed by atoms with Gasteiger partial charge in [0, 0.05) is 11.8 Å². The third-order valence-electron chi connectivity index (χ3n) is 6.05. The molecule has 4 heteroatoms. The summed E-state index contributed by atoms with van der Waals surface area (Å²) in [6.07, 6.45) is 1.46. The van der Waals surface area contributed by atoms with Crippen LogP contribution in [0, 0.1) is 10.8 Å². The van der Waals surface area contributed by atoms with Crippen LogP contribution in [0.25, 0.3) is 0 Å². The van der Waals surface area contributed by atoms with Crippen molar-refractivity contribution < 1.29 is 0 Å². The van der Waals surface area contributed by atoms with Crippen molar-refractivity contribution in [3.8, 4) is 0 Å². The van der Waals surface area contributed by atoms with Crippen LogP contribution in [0.5, 0.6) is 0 Å². The summed E-state index contributed by atoms with van der Waals surface area (Å²) in [6, 6.07) is 41.0. The topological polar surface area (TPSA) is 47.7 Å². The van der Waals surface area contributed by atoms with Gasteiger partial charge < -0.3 is 10.8 Å². The van der Waals surface area contributed by atoms with Gasteiger partial charge in [0.15, 0.2) is 14.6 Å². The van der Waals surface area contributed by atoms with Gasteiger partial charge in [0.2, 0.25) is 0 Å². The van der Waals surface area contributed by atoms with Crippen LogP contribution in [0.15, 0.2) is 121 Å². The molecule has 0 aliphatic carbocycles. The summed E-state index contributed by atoms with van der Waals surface area (Å²) in [6.45, 7) is 0. The Morgan fingerprint density at radius 1 is 0.441 bits per heavy atom. The van der Waals surface area contributed by atoms with Crippen LogP contribution in [0.3, 0.4) is 0 Å². The van der Waals surface area contributed by atoms with Gasteiger partial charge in [0.25, 0.3) is 0 Å². The Balaban J connectivity index is 1.40. The molecule has 4 rings (SSSR count). The van der Waals surface area contributed by atoms with Gasteiger partial charge in [-0.1, -0.05) is 134 Å². The van der Waals surface area contributed by atoms with Crippen molar-refractivity contribution in [1.29, 1.82) is 10.8 Å². The largest absolute Gasteiger partial charge is 0.319 e. The Labute approximate surface area is 204 Å². The van der Waals surface area contributed by atoms with Gasteiger partial charge in [-0.3, -0.25) is 0 Å². The van der Waals surface area contributed by atoms with Crippen LogP contribution in [0.2, 0.25) is 12.6 Å². The standard InChI is InChI=1S/C30H28B2N2/c33-29(27(23-13-5-1-6-14-23)24-15-7-2-8-16-24)31-21-22-32-30(34)28(25-17-9-3-10-18-25)26-19-11-4-12-20-26/h1-20,27-28,33-34H,21-22H2. The summed E-state index contributed by atoms with van der Waals surface area (Å²) in [5.41, 5.74) is 5.69. The Bertz CT molecular complexity index is 1000. The summed E-state index contributed by atoms with van der Waals surface area (Å²) in [4.78, 5) is 0. The lowest BCUT2D eigenvalue weighted by Gasteiger charge is -2.20. The number of nitrogens with one attached hydrogen (secondary N) is 2. The molecule has 0 fully saturated rings. The molecule has 0 spiro atoms. The zero-order chi connectivity index (χ0) is 23.6. The molecule has 0 saturated heterocycles. The highest BCUT2D eigenvalue weighted by molar-refractivity contribution is 6.80. The van der Waals surface area contributed by atoms with Crippen LogP contribution in [-0.2, 0) is 0 Å². The Morgan fingerprint density at radius 3 is 0.912 bits per heavy atom. The highest BCUT2D eigenvalue weighted by atomic mass is 14.4. The first-order valence-corrected chi connectivity index (χ1v) is 11.8. The second kappa shape index (κ2) is 12.0. The molecule has 164 valence electrons. The molecule has 2 N–H and O–H groups in total. The molecule has 0 bridgehead atoms. The van der Waals surface area contributed by atoms with Gasteiger partial charge in [-0.05, 0) is 33.5 Å². The van der Waals surface area contributed by atoms with Gasteiger partial charge in [0.1, 0.15) is 0 Å². The third kappa shape index (κ3) is 6.02. The number of hydrogen-bond donors (Lipinski definition) is 2. The molecular weight excluding hydrogens is 410 g/mol. The average Bonchev–Trinajstić information content (AvgIpc) is 2.89. The van der Waals surface area contributed by atoms with Gasteiger partial charge >= 0.3 is 0 Å². The van der Waals surface area contributed by atoms with Crippen LogP contribution in [0.1, 0.15) is 34.1 Å². The fourth-order valence-electron chi connectivity index (χ4n) is 4.40. The van der Waals surface area contributed by atoms with Crippen LogP contribution in [0.4, 0.5) is 0 Å². The van der Waals surface area contributed by atoms with E-state index in [0.29, 0.717) is 11.2 Å². The molecule has 2 nitrogen and oxygen atoms in total. The van der Waals surface area contributed by atoms with E-state index in [2.05, 4.69) is 48.5 Å². The number of benzene rings is 4. The predicted octanol–water partition coefficient (Wildman–Crippen LogP) is 6.85. The third-order valence-corrected chi connectivity index (χ3v) is 6.05. The normalized spacial score (nSPS) is 10.8. The monoisotopic (exact) mass is 438 g/mol. The summed E-state index contributed by atoms with van der Waals surface area (Å²) >= 11 is 0. The van der Waals surface area contributed by atoms with E-state index in [1.165, 1.54) is 0 Å². The Kier molecular flexibility index (Phi) is 8.29. The molecule has 0 aromatic heterocycles. The molecule has 0 aliphatic heterocycles. The maximum Gasteiger partial charge on any atom is 0.171 e. The Hall–Kier alpha value is -3.65. The van der Waals surface area contributed by atoms with Crippen molar-refractivity contribution in [3.63, 3.8) is 0 Å². The number of rotatable bonds is 11. The minimum Gasteiger partial charge on any atom is -0.319 e. The molecule has 0 saturated carbocycles. The second-order valence-corrected chi connectivity index (χ2v) is 8.41. The molecule has 0 heterocycles. The predicted molar refractivity (Wildman–Crippen MR) is 146 cm³/mol. The molecule has 0 amide bonds. The Morgan fingerprint density at radius 2 is 0.676 bits per heavy atom. The summed E-state index contributed by atoms with van der Waals surface area (Å²) < 4.78 is 0. The van der Waals surface area contributed by atoms with E-state index < -0.39 is 0 Å². The minimum atomic E-state index is -0.0803. The first kappa shape index (κ1) is 23.5. The van der Waals surface area contributed by atoms with Crippen LogP contribution < -0.4 is 0 Å². The first-order chi connectivity index (χ1) is 16.7. The zero-order valence-corrected chi connectivity index (χ0v) is 19.3. The van der Waals surface area contributed by atoms with Crippen molar-refractivity contribution in [2.45, 2.75) is 24.5 Å². The van der Waals surface area contributed by atoms with Crippen molar-refractivity contribution in [2.24, 2.45) is 0 Å². The van der Waals surface area contributed by atoms with Gasteiger partial charge in [-0.2, -0.15) is 0 Å². The maximum absolute atomic E-state index is 8.84. The summed E-state index contributed by atoms with van der Waals surface area (Å²) in [7, 11) is 4.02. The van der Waals surface area contributed by atoms with Gasteiger partial charge in [-0.15, -0.1) is 0 Å². The van der Waals surface area contributed by atoms with Crippen LogP contribution >= 0.6 is 0 Å². The fourth-order valence-corrected chi connectivity index (χ4v) is 4.40. The lowest BCUT2D eigenvalue weighted by molar-refractivity contribution is 1.08. The van der Waals surface area contributed by atoms with E-state index in [9.17, 15) is 0 Å². The molecule has 2 radical (unpaired) electrons. The highest BCUT2D eigenvalue weighted by Crippen LogP contribution is 2.27.